The van der Waals surface area contributed by atoms with E-state index in [2.05, 4.69) is 5.32 Å². The summed E-state index contributed by atoms with van der Waals surface area (Å²) in [6.45, 7) is 3.49. The third-order valence-corrected chi connectivity index (χ3v) is 6.72. The van der Waals surface area contributed by atoms with Crippen LogP contribution in [-0.2, 0) is 9.59 Å². The van der Waals surface area contributed by atoms with E-state index in [9.17, 15) is 24.3 Å². The number of thioether (sulfide) groups is 1. The molecule has 2 aromatic rings. The van der Waals surface area contributed by atoms with Gasteiger partial charge in [0.15, 0.2) is 0 Å². The molecule has 0 aliphatic carbocycles. The zero-order valence-corrected chi connectivity index (χ0v) is 16.6. The smallest absolute Gasteiger partial charge is 0.349 e. The Morgan fingerprint density at radius 1 is 1.28 bits per heavy atom. The van der Waals surface area contributed by atoms with E-state index in [1.165, 1.54) is 35.9 Å². The van der Waals surface area contributed by atoms with Crippen LogP contribution in [0.1, 0.15) is 24.2 Å². The second kappa shape index (κ2) is 6.51. The molecule has 2 saturated heterocycles. The molecule has 2 aliphatic rings. The summed E-state index contributed by atoms with van der Waals surface area (Å²) in [4.78, 5) is 50.3. The molecule has 29 heavy (non-hydrogen) atoms. The van der Waals surface area contributed by atoms with Crippen molar-refractivity contribution in [2.24, 2.45) is 0 Å². The monoisotopic (exact) mass is 418 g/mol. The Labute approximate surface area is 169 Å². The van der Waals surface area contributed by atoms with Crippen molar-refractivity contribution < 1.29 is 28.6 Å². The van der Waals surface area contributed by atoms with Gasteiger partial charge in [0.1, 0.15) is 34.4 Å². The molecule has 10 heteroatoms. The van der Waals surface area contributed by atoms with Gasteiger partial charge in [0.2, 0.25) is 5.91 Å². The number of β-lactam (4-membered cyclic amide) rings is 1. The van der Waals surface area contributed by atoms with Crippen molar-refractivity contribution in [2.75, 3.05) is 7.11 Å². The molecule has 1 aromatic carbocycles. The molecular formula is C19H18N2O7S. The lowest BCUT2D eigenvalue weighted by Crippen LogP contribution is -2.70. The predicted octanol–water partition coefficient (Wildman–Crippen LogP) is 1.05. The molecule has 1 aromatic heterocycles. The van der Waals surface area contributed by atoms with Gasteiger partial charge in [-0.3, -0.25) is 9.59 Å². The highest BCUT2D eigenvalue weighted by Crippen LogP contribution is 2.50. The summed E-state index contributed by atoms with van der Waals surface area (Å²) >= 11 is 1.31. The van der Waals surface area contributed by atoms with E-state index in [4.69, 9.17) is 9.15 Å². The first kappa shape index (κ1) is 19.3. The number of nitrogens with one attached hydrogen (secondary N) is 1. The first-order valence-corrected chi connectivity index (χ1v) is 9.67. The zero-order valence-electron chi connectivity index (χ0n) is 15.8. The van der Waals surface area contributed by atoms with Crippen LogP contribution < -0.4 is 15.7 Å². The van der Waals surface area contributed by atoms with Crippen LogP contribution in [0.4, 0.5) is 0 Å². The van der Waals surface area contributed by atoms with Crippen LogP contribution in [0, 0.1) is 0 Å². The minimum Gasteiger partial charge on any atom is -0.497 e. The van der Waals surface area contributed by atoms with Crippen molar-refractivity contribution in [1.29, 1.82) is 0 Å². The number of aliphatic carboxylic acids is 1. The zero-order chi connectivity index (χ0) is 21.1. The molecule has 0 radical (unpaired) electrons. The number of nitrogens with zero attached hydrogens (tertiary/aromatic N) is 1. The van der Waals surface area contributed by atoms with Crippen LogP contribution in [0.15, 0.2) is 33.5 Å². The molecule has 0 spiro atoms. The van der Waals surface area contributed by atoms with Crippen LogP contribution in [0.3, 0.4) is 0 Å². The second-order valence-corrected chi connectivity index (χ2v) is 9.17. The number of ether oxygens (including phenoxy) is 1. The molecule has 2 fully saturated rings. The third-order valence-electron chi connectivity index (χ3n) is 5.15. The number of carbonyl (C=O) groups is 3. The molecule has 3 unspecified atom stereocenters. The summed E-state index contributed by atoms with van der Waals surface area (Å²) in [5, 5.41) is 12.0. The van der Waals surface area contributed by atoms with Crippen LogP contribution >= 0.6 is 11.8 Å². The number of rotatable bonds is 4. The maximum Gasteiger partial charge on any atom is 0.349 e. The van der Waals surface area contributed by atoms with Crippen molar-refractivity contribution in [3.8, 4) is 5.75 Å². The van der Waals surface area contributed by atoms with E-state index in [0.717, 1.165) is 0 Å². The lowest BCUT2D eigenvalue weighted by Gasteiger charge is -2.43. The molecule has 9 nitrogen and oxygen atoms in total. The molecule has 2 aliphatic heterocycles. The predicted molar refractivity (Wildman–Crippen MR) is 104 cm³/mol. The lowest BCUT2D eigenvalue weighted by atomic mass is 9.96. The fraction of sp³-hybridized carbons (Fsp3) is 0.368. The van der Waals surface area contributed by atoms with Gasteiger partial charge in [0.05, 0.1) is 7.11 Å². The number of carbonyl (C=O) groups excluding carboxylic acids is 2. The number of hydrogen-bond donors (Lipinski definition) is 2. The summed E-state index contributed by atoms with van der Waals surface area (Å²) < 4.78 is 9.59. The number of fused-ring (bicyclic) bond motifs is 2. The standard InChI is InChI=1S/C19H18N2O7S/c1-19(2)13(17(24)25)21-15(23)12(16(21)29-19)20-14(22)10-6-8-4-5-9(27-3)7-11(8)28-18(10)26/h4-7,12-13,16H,1-3H3,(H,20,22)(H,24,25). The fourth-order valence-corrected chi connectivity index (χ4v) is 5.37. The maximum atomic E-state index is 12.7. The largest absolute Gasteiger partial charge is 0.497 e. The van der Waals surface area contributed by atoms with Crippen LogP contribution in [0.25, 0.3) is 11.0 Å². The van der Waals surface area contributed by atoms with E-state index >= 15 is 0 Å². The number of carboxylic acid groups (broad SMARTS) is 1. The summed E-state index contributed by atoms with van der Waals surface area (Å²) in [7, 11) is 1.48. The summed E-state index contributed by atoms with van der Waals surface area (Å²) in [5.41, 5.74) is -0.796. The highest BCUT2D eigenvalue weighted by Gasteiger charge is 2.64. The highest BCUT2D eigenvalue weighted by atomic mass is 32.2. The minimum absolute atomic E-state index is 0.231. The minimum atomic E-state index is -1.09. The second-order valence-electron chi connectivity index (χ2n) is 7.40. The van der Waals surface area contributed by atoms with Crippen LogP contribution in [0.2, 0.25) is 0 Å². The number of carboxylic acids is 1. The van der Waals surface area contributed by atoms with Gasteiger partial charge in [-0.05, 0) is 32.0 Å². The van der Waals surface area contributed by atoms with Gasteiger partial charge in [-0.25, -0.2) is 9.59 Å². The van der Waals surface area contributed by atoms with Crippen molar-refractivity contribution >= 4 is 40.5 Å². The number of methoxy groups -OCH3 is 1. The molecule has 3 heterocycles. The average Bonchev–Trinajstić information content (AvgIpc) is 2.92. The van der Waals surface area contributed by atoms with E-state index in [0.29, 0.717) is 11.1 Å². The van der Waals surface area contributed by atoms with E-state index in [-0.39, 0.29) is 11.1 Å². The summed E-state index contributed by atoms with van der Waals surface area (Å²) in [5.74, 6) is -1.81. The Balaban J connectivity index is 1.58. The molecule has 0 bridgehead atoms. The van der Waals surface area contributed by atoms with Gasteiger partial charge in [0, 0.05) is 16.2 Å². The van der Waals surface area contributed by atoms with Crippen molar-refractivity contribution in [3.05, 3.63) is 40.2 Å². The van der Waals surface area contributed by atoms with Crippen molar-refractivity contribution in [3.63, 3.8) is 0 Å². The molecule has 0 saturated carbocycles. The average molecular weight is 418 g/mol. The van der Waals surface area contributed by atoms with Gasteiger partial charge < -0.3 is 24.5 Å². The molecule has 3 atom stereocenters. The van der Waals surface area contributed by atoms with Gasteiger partial charge in [-0.1, -0.05) is 0 Å². The molecule has 2 N–H and O–H groups in total. The number of benzene rings is 1. The first-order valence-electron chi connectivity index (χ1n) is 8.79. The molecule has 152 valence electrons. The summed E-state index contributed by atoms with van der Waals surface area (Å²) in [6, 6.07) is 4.37. The highest BCUT2D eigenvalue weighted by molar-refractivity contribution is 8.01. The number of hydrogen-bond acceptors (Lipinski definition) is 7. The van der Waals surface area contributed by atoms with Gasteiger partial charge in [-0.2, -0.15) is 0 Å². The van der Waals surface area contributed by atoms with E-state index in [1.54, 1.807) is 26.0 Å². The lowest BCUT2D eigenvalue weighted by molar-refractivity contribution is -0.159. The molecular weight excluding hydrogens is 400 g/mol. The van der Waals surface area contributed by atoms with Gasteiger partial charge in [0.25, 0.3) is 5.91 Å². The SMILES string of the molecule is COc1ccc2cc(C(=O)NC3C(=O)N4C3SC(C)(C)C4C(=O)O)c(=O)oc2c1. The number of amides is 2. The Hall–Kier alpha value is -3.01. The fourth-order valence-electron chi connectivity index (χ4n) is 3.74. The van der Waals surface area contributed by atoms with Crippen molar-refractivity contribution in [1.82, 2.24) is 10.2 Å². The van der Waals surface area contributed by atoms with Crippen molar-refractivity contribution in [2.45, 2.75) is 36.1 Å². The normalized spacial score (nSPS) is 24.7. The first-order chi connectivity index (χ1) is 13.6. The summed E-state index contributed by atoms with van der Waals surface area (Å²) in [6.07, 6.45) is 0. The van der Waals surface area contributed by atoms with Crippen LogP contribution in [0.5, 0.6) is 5.75 Å². The maximum absolute atomic E-state index is 12.7. The third kappa shape index (κ3) is 2.94. The van der Waals surface area contributed by atoms with Crippen LogP contribution in [-0.4, -0.2) is 57.1 Å². The Morgan fingerprint density at radius 2 is 2.00 bits per heavy atom. The van der Waals surface area contributed by atoms with E-state index < -0.39 is 45.6 Å². The molecule has 2 amide bonds. The van der Waals surface area contributed by atoms with E-state index in [1.807, 2.05) is 0 Å². The quantitative estimate of drug-likeness (QED) is 0.557. The van der Waals surface area contributed by atoms with Gasteiger partial charge in [-0.15, -0.1) is 11.8 Å². The topological polar surface area (TPSA) is 126 Å². The molecule has 4 rings (SSSR count). The van der Waals surface area contributed by atoms with Gasteiger partial charge >= 0.3 is 11.6 Å². The Bertz CT molecular complexity index is 1110. The Morgan fingerprint density at radius 3 is 2.66 bits per heavy atom. The Kier molecular flexibility index (Phi) is 4.34.